The molecule has 0 saturated carbocycles. The highest BCUT2D eigenvalue weighted by Gasteiger charge is 2.11. The quantitative estimate of drug-likeness (QED) is 0.741. The summed E-state index contributed by atoms with van der Waals surface area (Å²) in [4.78, 5) is 11.4. The van der Waals surface area contributed by atoms with Gasteiger partial charge in [0.1, 0.15) is 23.2 Å². The molecular formula is C18H25ClN4O. The molecule has 0 aliphatic carbocycles. The topological polar surface area (TPSA) is 50.3 Å². The Morgan fingerprint density at radius 2 is 1.83 bits per heavy atom. The molecule has 0 saturated heterocycles. The van der Waals surface area contributed by atoms with Crippen molar-refractivity contribution in [2.75, 3.05) is 30.4 Å². The molecule has 0 bridgehead atoms. The number of halogens is 1. The van der Waals surface area contributed by atoms with Crippen molar-refractivity contribution in [3.05, 3.63) is 35.1 Å². The minimum atomic E-state index is 0.642. The van der Waals surface area contributed by atoms with Crippen LogP contribution in [0.4, 0.5) is 17.3 Å². The number of nitrogens with one attached hydrogen (secondary N) is 1. The summed E-state index contributed by atoms with van der Waals surface area (Å²) in [6.07, 6.45) is 2.15. The number of ether oxygens (including phenoxy) is 1. The van der Waals surface area contributed by atoms with Crippen molar-refractivity contribution in [1.29, 1.82) is 0 Å². The van der Waals surface area contributed by atoms with Gasteiger partial charge in [-0.25, -0.2) is 9.97 Å². The zero-order chi connectivity index (χ0) is 17.5. The fourth-order valence-electron chi connectivity index (χ4n) is 2.57. The van der Waals surface area contributed by atoms with Gasteiger partial charge in [-0.3, -0.25) is 0 Å². The first-order valence-electron chi connectivity index (χ1n) is 8.28. The highest BCUT2D eigenvalue weighted by atomic mass is 35.5. The minimum Gasteiger partial charge on any atom is -0.495 e. The van der Waals surface area contributed by atoms with Gasteiger partial charge in [-0.05, 0) is 38.0 Å². The minimum absolute atomic E-state index is 0.642. The lowest BCUT2D eigenvalue weighted by Crippen LogP contribution is -2.26. The molecule has 2 aromatic rings. The summed E-state index contributed by atoms with van der Waals surface area (Å²) < 4.78 is 5.38. The van der Waals surface area contributed by atoms with Crippen LogP contribution in [0.25, 0.3) is 0 Å². The summed E-state index contributed by atoms with van der Waals surface area (Å²) in [5.41, 5.74) is 0.784. The second-order valence-electron chi connectivity index (χ2n) is 5.62. The third kappa shape index (κ3) is 4.74. The number of aryl methyl sites for hydroxylation is 1. The largest absolute Gasteiger partial charge is 0.495 e. The number of hydrogen-bond acceptors (Lipinski definition) is 5. The predicted octanol–water partition coefficient (Wildman–Crippen LogP) is 4.82. The summed E-state index contributed by atoms with van der Waals surface area (Å²) in [7, 11) is 1.63. The van der Waals surface area contributed by atoms with E-state index in [2.05, 4.69) is 34.0 Å². The predicted molar refractivity (Wildman–Crippen MR) is 101 cm³/mol. The zero-order valence-corrected chi connectivity index (χ0v) is 15.5. The number of aromatic nitrogens is 2. The van der Waals surface area contributed by atoms with Crippen molar-refractivity contribution in [1.82, 2.24) is 9.97 Å². The van der Waals surface area contributed by atoms with E-state index in [1.807, 2.05) is 25.1 Å². The Bertz CT molecular complexity index is 672. The smallest absolute Gasteiger partial charge is 0.142 e. The standard InChI is InChI=1S/C18H25ClN4O/c1-5-9-23(10-6-2)18-12-17(20-13(3)21-18)22-15-11-14(19)7-8-16(15)24-4/h7-8,11-12H,5-6,9-10H2,1-4H3,(H,20,21,22). The average Bonchev–Trinajstić information content (AvgIpc) is 2.54. The SMILES string of the molecule is CCCN(CCC)c1cc(Nc2cc(Cl)ccc2OC)nc(C)n1. The van der Waals surface area contributed by atoms with Gasteiger partial charge in [0.15, 0.2) is 0 Å². The van der Waals surface area contributed by atoms with Crippen molar-refractivity contribution in [2.24, 2.45) is 0 Å². The van der Waals surface area contributed by atoms with Crippen molar-refractivity contribution in [3.8, 4) is 5.75 Å². The van der Waals surface area contributed by atoms with Gasteiger partial charge in [0.25, 0.3) is 0 Å². The Hall–Kier alpha value is -2.01. The lowest BCUT2D eigenvalue weighted by molar-refractivity contribution is 0.417. The van der Waals surface area contributed by atoms with Gasteiger partial charge in [-0.15, -0.1) is 0 Å². The third-order valence-electron chi connectivity index (χ3n) is 3.56. The maximum atomic E-state index is 6.10. The van der Waals surface area contributed by atoms with Crippen LogP contribution < -0.4 is 15.0 Å². The normalized spacial score (nSPS) is 10.5. The van der Waals surface area contributed by atoms with E-state index in [1.165, 1.54) is 0 Å². The molecule has 1 aromatic carbocycles. The number of nitrogens with zero attached hydrogens (tertiary/aromatic N) is 3. The Morgan fingerprint density at radius 3 is 2.46 bits per heavy atom. The van der Waals surface area contributed by atoms with Crippen LogP contribution in [0.3, 0.4) is 0 Å². The van der Waals surface area contributed by atoms with Crippen LogP contribution in [0.15, 0.2) is 24.3 Å². The summed E-state index contributed by atoms with van der Waals surface area (Å²) in [6, 6.07) is 7.43. The Kier molecular flexibility index (Phi) is 6.67. The second-order valence-corrected chi connectivity index (χ2v) is 6.05. The molecule has 0 amide bonds. The first-order chi connectivity index (χ1) is 11.6. The Balaban J connectivity index is 2.33. The molecular weight excluding hydrogens is 324 g/mol. The van der Waals surface area contributed by atoms with Crippen LogP contribution in [-0.2, 0) is 0 Å². The number of benzene rings is 1. The molecule has 0 fully saturated rings. The van der Waals surface area contributed by atoms with E-state index in [0.29, 0.717) is 5.02 Å². The summed E-state index contributed by atoms with van der Waals surface area (Å²) in [5.74, 6) is 3.12. The summed E-state index contributed by atoms with van der Waals surface area (Å²) >= 11 is 6.10. The van der Waals surface area contributed by atoms with Crippen LogP contribution in [0.5, 0.6) is 5.75 Å². The highest BCUT2D eigenvalue weighted by molar-refractivity contribution is 6.31. The van der Waals surface area contributed by atoms with Crippen molar-refractivity contribution < 1.29 is 4.74 Å². The van der Waals surface area contributed by atoms with Crippen LogP contribution in [0.1, 0.15) is 32.5 Å². The van der Waals surface area contributed by atoms with E-state index in [9.17, 15) is 0 Å². The number of anilines is 3. The fourth-order valence-corrected chi connectivity index (χ4v) is 2.75. The molecule has 1 heterocycles. The zero-order valence-electron chi connectivity index (χ0n) is 14.8. The van der Waals surface area contributed by atoms with Crippen LogP contribution in [0.2, 0.25) is 5.02 Å². The van der Waals surface area contributed by atoms with Crippen molar-refractivity contribution in [3.63, 3.8) is 0 Å². The van der Waals surface area contributed by atoms with E-state index in [4.69, 9.17) is 16.3 Å². The molecule has 130 valence electrons. The summed E-state index contributed by atoms with van der Waals surface area (Å²) in [6.45, 7) is 8.20. The first kappa shape index (κ1) is 18.3. The Labute approximate surface area is 149 Å². The molecule has 24 heavy (non-hydrogen) atoms. The van der Waals surface area contributed by atoms with Gasteiger partial charge in [-0.2, -0.15) is 0 Å². The van der Waals surface area contributed by atoms with Gasteiger partial charge in [0, 0.05) is 24.2 Å². The van der Waals surface area contributed by atoms with E-state index < -0.39 is 0 Å². The molecule has 0 atom stereocenters. The van der Waals surface area contributed by atoms with Crippen LogP contribution in [0, 0.1) is 6.92 Å². The van der Waals surface area contributed by atoms with E-state index >= 15 is 0 Å². The van der Waals surface area contributed by atoms with Gasteiger partial charge in [0.05, 0.1) is 12.8 Å². The number of rotatable bonds is 8. The van der Waals surface area contributed by atoms with Crippen LogP contribution >= 0.6 is 11.6 Å². The first-order valence-corrected chi connectivity index (χ1v) is 8.66. The average molecular weight is 349 g/mol. The number of methoxy groups -OCH3 is 1. The molecule has 0 spiro atoms. The van der Waals surface area contributed by atoms with Gasteiger partial charge in [-0.1, -0.05) is 25.4 Å². The molecule has 0 radical (unpaired) electrons. The maximum absolute atomic E-state index is 6.10. The molecule has 2 rings (SSSR count). The van der Waals surface area contributed by atoms with Gasteiger partial charge >= 0.3 is 0 Å². The third-order valence-corrected chi connectivity index (χ3v) is 3.79. The molecule has 1 N–H and O–H groups in total. The lowest BCUT2D eigenvalue weighted by atomic mass is 10.3. The van der Waals surface area contributed by atoms with E-state index in [1.54, 1.807) is 13.2 Å². The van der Waals surface area contributed by atoms with E-state index in [-0.39, 0.29) is 0 Å². The van der Waals surface area contributed by atoms with Crippen molar-refractivity contribution >= 4 is 28.9 Å². The molecule has 6 heteroatoms. The lowest BCUT2D eigenvalue weighted by Gasteiger charge is -2.23. The highest BCUT2D eigenvalue weighted by Crippen LogP contribution is 2.30. The van der Waals surface area contributed by atoms with Crippen LogP contribution in [-0.4, -0.2) is 30.2 Å². The summed E-state index contributed by atoms with van der Waals surface area (Å²) in [5, 5.41) is 3.94. The Morgan fingerprint density at radius 1 is 1.12 bits per heavy atom. The molecule has 0 aliphatic rings. The molecule has 5 nitrogen and oxygen atoms in total. The van der Waals surface area contributed by atoms with Gasteiger partial charge < -0.3 is 15.0 Å². The molecule has 0 unspecified atom stereocenters. The van der Waals surface area contributed by atoms with Crippen molar-refractivity contribution in [2.45, 2.75) is 33.6 Å². The maximum Gasteiger partial charge on any atom is 0.142 e. The monoisotopic (exact) mass is 348 g/mol. The number of hydrogen-bond donors (Lipinski definition) is 1. The van der Waals surface area contributed by atoms with E-state index in [0.717, 1.165) is 54.8 Å². The van der Waals surface area contributed by atoms with Gasteiger partial charge in [0.2, 0.25) is 0 Å². The fraction of sp³-hybridized carbons (Fsp3) is 0.444. The molecule has 1 aromatic heterocycles. The molecule has 0 aliphatic heterocycles. The second kappa shape index (κ2) is 8.73.